The fourth-order valence-electron chi connectivity index (χ4n) is 2.36. The summed E-state index contributed by atoms with van der Waals surface area (Å²) in [4.78, 5) is 0. The first-order valence-electron chi connectivity index (χ1n) is 7.23. The van der Waals surface area contributed by atoms with Crippen LogP contribution in [0.15, 0.2) is 24.3 Å². The highest BCUT2D eigenvalue weighted by molar-refractivity contribution is 6.62. The van der Waals surface area contributed by atoms with Crippen LogP contribution in [0.3, 0.4) is 0 Å². The van der Waals surface area contributed by atoms with Crippen molar-refractivity contribution in [3.05, 3.63) is 29.8 Å². The molecule has 1 unspecified atom stereocenters. The maximum atomic E-state index is 6.16. The van der Waals surface area contributed by atoms with E-state index in [0.29, 0.717) is 5.92 Å². The second-order valence-corrected chi connectivity index (χ2v) is 6.53. The quantitative estimate of drug-likeness (QED) is 0.774. The molecular weight excluding hydrogens is 235 g/mol. The van der Waals surface area contributed by atoms with Crippen molar-refractivity contribution in [2.24, 2.45) is 0 Å². The lowest BCUT2D eigenvalue weighted by Crippen LogP contribution is -2.41. The zero-order chi connectivity index (χ0) is 14.3. The van der Waals surface area contributed by atoms with Crippen molar-refractivity contribution >= 4 is 12.6 Å². The van der Waals surface area contributed by atoms with Gasteiger partial charge in [0, 0.05) is 0 Å². The van der Waals surface area contributed by atoms with Gasteiger partial charge in [-0.25, -0.2) is 0 Å². The topological polar surface area (TPSA) is 18.5 Å². The van der Waals surface area contributed by atoms with Gasteiger partial charge >= 0.3 is 7.12 Å². The normalized spacial score (nSPS) is 22.5. The lowest BCUT2D eigenvalue weighted by atomic mass is 9.73. The van der Waals surface area contributed by atoms with Gasteiger partial charge in [0.25, 0.3) is 0 Å². The van der Waals surface area contributed by atoms with Gasteiger partial charge in [0.05, 0.1) is 11.2 Å². The minimum Gasteiger partial charge on any atom is -0.399 e. The summed E-state index contributed by atoms with van der Waals surface area (Å²) in [6.07, 6.45) is 1.12. The molecule has 1 aromatic carbocycles. The summed E-state index contributed by atoms with van der Waals surface area (Å²) in [7, 11) is -0.254. The van der Waals surface area contributed by atoms with Gasteiger partial charge in [0.2, 0.25) is 0 Å². The molecule has 0 N–H and O–H groups in total. The van der Waals surface area contributed by atoms with Gasteiger partial charge < -0.3 is 9.31 Å². The Morgan fingerprint density at radius 1 is 1.05 bits per heavy atom. The van der Waals surface area contributed by atoms with Crippen LogP contribution < -0.4 is 5.46 Å². The van der Waals surface area contributed by atoms with Gasteiger partial charge in [-0.3, -0.25) is 0 Å². The van der Waals surface area contributed by atoms with Crippen LogP contribution in [0, 0.1) is 0 Å². The second kappa shape index (κ2) is 4.95. The van der Waals surface area contributed by atoms with Gasteiger partial charge in [-0.1, -0.05) is 38.1 Å². The van der Waals surface area contributed by atoms with Crippen molar-refractivity contribution in [1.82, 2.24) is 0 Å². The Morgan fingerprint density at radius 3 is 2.11 bits per heavy atom. The Kier molecular flexibility index (Phi) is 3.81. The Balaban J connectivity index is 2.35. The SMILES string of the molecule is CCC(C)c1ccccc1B1OC(C)(C)C(C)(C)O1. The third-order valence-corrected chi connectivity index (χ3v) is 4.65. The highest BCUT2D eigenvalue weighted by Gasteiger charge is 2.52. The smallest absolute Gasteiger partial charge is 0.399 e. The average Bonchev–Trinajstić information content (AvgIpc) is 2.57. The lowest BCUT2D eigenvalue weighted by molar-refractivity contribution is 0.00578. The Morgan fingerprint density at radius 2 is 1.58 bits per heavy atom. The van der Waals surface area contributed by atoms with Gasteiger partial charge in [-0.2, -0.15) is 0 Å². The predicted molar refractivity (Wildman–Crippen MR) is 80.9 cm³/mol. The molecule has 0 saturated carbocycles. The number of hydrogen-bond acceptors (Lipinski definition) is 2. The third-order valence-electron chi connectivity index (χ3n) is 4.65. The lowest BCUT2D eigenvalue weighted by Gasteiger charge is -2.32. The van der Waals surface area contributed by atoms with Gasteiger partial charge in [0.15, 0.2) is 0 Å². The van der Waals surface area contributed by atoms with E-state index in [1.54, 1.807) is 0 Å². The Labute approximate surface area is 117 Å². The molecule has 0 amide bonds. The van der Waals surface area contributed by atoms with E-state index in [9.17, 15) is 0 Å². The zero-order valence-corrected chi connectivity index (χ0v) is 13.0. The summed E-state index contributed by atoms with van der Waals surface area (Å²) in [5.41, 5.74) is 1.96. The molecule has 104 valence electrons. The number of hydrogen-bond donors (Lipinski definition) is 0. The summed E-state index contributed by atoms with van der Waals surface area (Å²) >= 11 is 0. The molecule has 1 aliphatic rings. The van der Waals surface area contributed by atoms with Crippen molar-refractivity contribution in [3.63, 3.8) is 0 Å². The molecule has 0 bridgehead atoms. The van der Waals surface area contributed by atoms with E-state index in [1.165, 1.54) is 11.0 Å². The first kappa shape index (κ1) is 14.6. The van der Waals surface area contributed by atoms with Crippen LogP contribution in [-0.4, -0.2) is 18.3 Å². The highest BCUT2D eigenvalue weighted by atomic mass is 16.7. The van der Waals surface area contributed by atoms with Crippen LogP contribution in [0.25, 0.3) is 0 Å². The minimum atomic E-state index is -0.278. The molecular formula is C16H25BO2. The molecule has 3 heteroatoms. The summed E-state index contributed by atoms with van der Waals surface area (Å²) in [5, 5.41) is 0. The Bertz CT molecular complexity index is 438. The van der Waals surface area contributed by atoms with Crippen LogP contribution in [0.5, 0.6) is 0 Å². The summed E-state index contributed by atoms with van der Waals surface area (Å²) in [6, 6.07) is 8.47. The van der Waals surface area contributed by atoms with E-state index in [2.05, 4.69) is 65.8 Å². The molecule has 1 fully saturated rings. The average molecular weight is 260 g/mol. The largest absolute Gasteiger partial charge is 0.495 e. The first-order chi connectivity index (χ1) is 8.78. The monoisotopic (exact) mass is 260 g/mol. The third kappa shape index (κ3) is 2.59. The molecule has 1 atom stereocenters. The summed E-state index contributed by atoms with van der Waals surface area (Å²) in [5.74, 6) is 0.523. The van der Waals surface area contributed by atoms with E-state index in [1.807, 2.05) is 0 Å². The highest BCUT2D eigenvalue weighted by Crippen LogP contribution is 2.37. The van der Waals surface area contributed by atoms with Crippen molar-refractivity contribution < 1.29 is 9.31 Å². The number of rotatable bonds is 3. The molecule has 0 radical (unpaired) electrons. The molecule has 1 saturated heterocycles. The molecule has 0 spiro atoms. The standard InChI is InChI=1S/C16H25BO2/c1-7-12(2)13-10-8-9-11-14(13)17-18-15(3,4)16(5,6)19-17/h8-12H,7H2,1-6H3. The Hall–Kier alpha value is -0.795. The summed E-state index contributed by atoms with van der Waals surface area (Å²) in [6.45, 7) is 12.9. The molecule has 19 heavy (non-hydrogen) atoms. The fraction of sp³-hybridized carbons (Fsp3) is 0.625. The van der Waals surface area contributed by atoms with Crippen molar-refractivity contribution in [2.75, 3.05) is 0 Å². The van der Waals surface area contributed by atoms with Crippen LogP contribution in [0.4, 0.5) is 0 Å². The molecule has 1 aromatic rings. The van der Waals surface area contributed by atoms with Crippen LogP contribution in [0.1, 0.15) is 59.4 Å². The summed E-state index contributed by atoms with van der Waals surface area (Å²) < 4.78 is 12.3. The fourth-order valence-corrected chi connectivity index (χ4v) is 2.36. The minimum absolute atomic E-state index is 0.254. The molecule has 0 aliphatic carbocycles. The van der Waals surface area contributed by atoms with E-state index in [-0.39, 0.29) is 18.3 Å². The molecule has 1 aliphatic heterocycles. The van der Waals surface area contributed by atoms with Gasteiger partial charge in [0.1, 0.15) is 0 Å². The molecule has 1 heterocycles. The maximum absolute atomic E-state index is 6.16. The van der Waals surface area contributed by atoms with E-state index in [4.69, 9.17) is 9.31 Å². The van der Waals surface area contributed by atoms with Crippen molar-refractivity contribution in [3.8, 4) is 0 Å². The van der Waals surface area contributed by atoms with Crippen LogP contribution >= 0.6 is 0 Å². The van der Waals surface area contributed by atoms with Gasteiger partial charge in [-0.15, -0.1) is 0 Å². The second-order valence-electron chi connectivity index (χ2n) is 6.53. The van der Waals surface area contributed by atoms with E-state index >= 15 is 0 Å². The zero-order valence-electron chi connectivity index (χ0n) is 13.0. The molecule has 0 aromatic heterocycles. The van der Waals surface area contributed by atoms with Crippen molar-refractivity contribution in [1.29, 1.82) is 0 Å². The molecule has 2 rings (SSSR count). The number of benzene rings is 1. The first-order valence-corrected chi connectivity index (χ1v) is 7.23. The maximum Gasteiger partial charge on any atom is 0.495 e. The predicted octanol–water partition coefficient (Wildman–Crippen LogP) is 3.50. The van der Waals surface area contributed by atoms with Crippen LogP contribution in [-0.2, 0) is 9.31 Å². The van der Waals surface area contributed by atoms with Gasteiger partial charge in [-0.05, 0) is 51.1 Å². The molecule has 2 nitrogen and oxygen atoms in total. The van der Waals surface area contributed by atoms with Crippen LogP contribution in [0.2, 0.25) is 0 Å². The van der Waals surface area contributed by atoms with E-state index in [0.717, 1.165) is 6.42 Å². The van der Waals surface area contributed by atoms with Crippen molar-refractivity contribution in [2.45, 2.75) is 65.1 Å². The van der Waals surface area contributed by atoms with E-state index < -0.39 is 0 Å².